The Balaban J connectivity index is 1.94. The Labute approximate surface area is 139 Å². The fourth-order valence-corrected chi connectivity index (χ4v) is 4.21. The molecule has 0 aromatic heterocycles. The minimum atomic E-state index is -3.03. The van der Waals surface area contributed by atoms with Crippen molar-refractivity contribution in [3.05, 3.63) is 35.4 Å². The number of aliphatic imine (C=N–C) groups is 1. The van der Waals surface area contributed by atoms with Crippen molar-refractivity contribution in [1.29, 1.82) is 0 Å². The predicted molar refractivity (Wildman–Crippen MR) is 95.7 cm³/mol. The van der Waals surface area contributed by atoms with Crippen LogP contribution in [0.15, 0.2) is 29.3 Å². The Morgan fingerprint density at radius 3 is 2.74 bits per heavy atom. The van der Waals surface area contributed by atoms with Crippen LogP contribution in [0.5, 0.6) is 0 Å². The lowest BCUT2D eigenvalue weighted by atomic mass is 10.1. The fraction of sp³-hybridized carbons (Fsp3) is 0.588. The number of aryl methyl sites for hydroxylation is 1. The molecule has 0 radical (unpaired) electrons. The number of nitrogens with zero attached hydrogens (tertiary/aromatic N) is 2. The maximum Gasteiger partial charge on any atom is 0.193 e. The van der Waals surface area contributed by atoms with Crippen LogP contribution < -0.4 is 5.32 Å². The van der Waals surface area contributed by atoms with Crippen molar-refractivity contribution in [2.45, 2.75) is 31.9 Å². The highest BCUT2D eigenvalue weighted by atomic mass is 32.2. The van der Waals surface area contributed by atoms with E-state index in [9.17, 15) is 8.42 Å². The molecule has 1 heterocycles. The Hall–Kier alpha value is -1.56. The number of nitrogens with one attached hydrogen (secondary N) is 1. The quantitative estimate of drug-likeness (QED) is 0.672. The van der Waals surface area contributed by atoms with Crippen molar-refractivity contribution in [3.8, 4) is 0 Å². The third-order valence-electron chi connectivity index (χ3n) is 4.33. The number of hydrogen-bond acceptors (Lipinski definition) is 3. The molecule has 0 atom stereocenters. The lowest BCUT2D eigenvalue weighted by Gasteiger charge is -2.39. The van der Waals surface area contributed by atoms with Gasteiger partial charge in [0.1, 0.15) is 0 Å². The zero-order chi connectivity index (χ0) is 17.1. The Kier molecular flexibility index (Phi) is 5.34. The highest BCUT2D eigenvalue weighted by molar-refractivity contribution is 7.92. The van der Waals surface area contributed by atoms with E-state index in [0.717, 1.165) is 18.9 Å². The van der Waals surface area contributed by atoms with Crippen molar-refractivity contribution in [3.63, 3.8) is 0 Å². The van der Waals surface area contributed by atoms with Crippen molar-refractivity contribution in [1.82, 2.24) is 10.2 Å². The molecule has 0 aliphatic carbocycles. The third kappa shape index (κ3) is 4.25. The van der Waals surface area contributed by atoms with E-state index in [4.69, 9.17) is 0 Å². The Morgan fingerprint density at radius 1 is 1.39 bits per heavy atom. The average Bonchev–Trinajstić information content (AvgIpc) is 2.47. The van der Waals surface area contributed by atoms with E-state index >= 15 is 0 Å². The summed E-state index contributed by atoms with van der Waals surface area (Å²) in [5.41, 5.74) is 2.55. The van der Waals surface area contributed by atoms with Crippen LogP contribution in [0.2, 0.25) is 0 Å². The van der Waals surface area contributed by atoms with Crippen LogP contribution in [0.3, 0.4) is 0 Å². The standard InChI is InChI=1S/C17H27N3O2S/c1-14-6-5-7-15(12-14)8-9-19-16(18-4)20-10-11-23(21,22)17(2,3)13-20/h5-7,12H,8-11,13H2,1-4H3,(H,18,19). The fourth-order valence-electron chi connectivity index (χ4n) is 2.84. The minimum Gasteiger partial charge on any atom is -0.356 e. The molecule has 1 aliphatic rings. The molecule has 23 heavy (non-hydrogen) atoms. The van der Waals surface area contributed by atoms with Gasteiger partial charge in [0.05, 0.1) is 10.5 Å². The van der Waals surface area contributed by atoms with Gasteiger partial charge in [0.15, 0.2) is 15.8 Å². The molecular weight excluding hydrogens is 310 g/mol. The predicted octanol–water partition coefficient (Wildman–Crippen LogP) is 1.62. The van der Waals surface area contributed by atoms with E-state index in [1.54, 1.807) is 20.9 Å². The molecule has 0 amide bonds. The topological polar surface area (TPSA) is 61.8 Å². The molecule has 5 nitrogen and oxygen atoms in total. The molecule has 1 aromatic carbocycles. The number of hydrogen-bond donors (Lipinski definition) is 1. The van der Waals surface area contributed by atoms with Crippen LogP contribution in [0.25, 0.3) is 0 Å². The van der Waals surface area contributed by atoms with Gasteiger partial charge in [-0.1, -0.05) is 29.8 Å². The van der Waals surface area contributed by atoms with Crippen molar-refractivity contribution >= 4 is 15.8 Å². The molecule has 2 rings (SSSR count). The van der Waals surface area contributed by atoms with Crippen molar-refractivity contribution in [2.24, 2.45) is 4.99 Å². The van der Waals surface area contributed by atoms with Crippen LogP contribution in [0.4, 0.5) is 0 Å². The lowest BCUT2D eigenvalue weighted by Crippen LogP contribution is -2.57. The molecule has 1 aromatic rings. The first-order valence-electron chi connectivity index (χ1n) is 7.99. The second kappa shape index (κ2) is 6.91. The van der Waals surface area contributed by atoms with Gasteiger partial charge in [-0.2, -0.15) is 0 Å². The minimum absolute atomic E-state index is 0.179. The van der Waals surface area contributed by atoms with E-state index < -0.39 is 14.6 Å². The van der Waals surface area contributed by atoms with Crippen LogP contribution >= 0.6 is 0 Å². The number of guanidine groups is 1. The number of benzene rings is 1. The van der Waals surface area contributed by atoms with Gasteiger partial charge < -0.3 is 10.2 Å². The van der Waals surface area contributed by atoms with E-state index in [1.807, 2.05) is 4.90 Å². The van der Waals surface area contributed by atoms with Crippen LogP contribution in [-0.2, 0) is 16.3 Å². The SMILES string of the molecule is CN=C(NCCc1cccc(C)c1)N1CCS(=O)(=O)C(C)(C)C1. The largest absolute Gasteiger partial charge is 0.356 e. The normalized spacial score (nSPS) is 20.3. The molecule has 0 spiro atoms. The van der Waals surface area contributed by atoms with Gasteiger partial charge in [-0.15, -0.1) is 0 Å². The molecule has 1 fully saturated rings. The van der Waals surface area contributed by atoms with E-state index in [-0.39, 0.29) is 5.75 Å². The molecular formula is C17H27N3O2S. The highest BCUT2D eigenvalue weighted by Gasteiger charge is 2.40. The Morgan fingerprint density at radius 2 is 2.13 bits per heavy atom. The molecule has 0 saturated carbocycles. The summed E-state index contributed by atoms with van der Waals surface area (Å²) in [7, 11) is -1.29. The monoisotopic (exact) mass is 337 g/mol. The van der Waals surface area contributed by atoms with Gasteiger partial charge in [-0.25, -0.2) is 8.42 Å². The van der Waals surface area contributed by atoms with Gasteiger partial charge in [-0.05, 0) is 32.8 Å². The molecule has 1 saturated heterocycles. The van der Waals surface area contributed by atoms with Crippen molar-refractivity contribution < 1.29 is 8.42 Å². The van der Waals surface area contributed by atoms with Crippen molar-refractivity contribution in [2.75, 3.05) is 32.4 Å². The molecule has 1 aliphatic heterocycles. The summed E-state index contributed by atoms with van der Waals surface area (Å²) in [5, 5.41) is 3.35. The van der Waals surface area contributed by atoms with Crippen LogP contribution in [0, 0.1) is 6.92 Å². The summed E-state index contributed by atoms with van der Waals surface area (Å²) in [4.78, 5) is 6.35. The first-order valence-corrected chi connectivity index (χ1v) is 9.64. The second-order valence-corrected chi connectivity index (χ2v) is 9.46. The second-order valence-electron chi connectivity index (χ2n) is 6.71. The third-order valence-corrected chi connectivity index (χ3v) is 6.87. The van der Waals surface area contributed by atoms with Crippen LogP contribution in [0.1, 0.15) is 25.0 Å². The first kappa shape index (κ1) is 17.8. The summed E-state index contributed by atoms with van der Waals surface area (Å²) in [6, 6.07) is 8.46. The highest BCUT2D eigenvalue weighted by Crippen LogP contribution is 2.23. The summed E-state index contributed by atoms with van der Waals surface area (Å²) in [6.45, 7) is 7.41. The van der Waals surface area contributed by atoms with Gasteiger partial charge in [0, 0.05) is 26.7 Å². The van der Waals surface area contributed by atoms with Gasteiger partial charge >= 0.3 is 0 Å². The molecule has 6 heteroatoms. The molecule has 1 N–H and O–H groups in total. The van der Waals surface area contributed by atoms with E-state index in [2.05, 4.69) is 41.5 Å². The smallest absolute Gasteiger partial charge is 0.193 e. The summed E-state index contributed by atoms with van der Waals surface area (Å²) in [5.74, 6) is 0.958. The lowest BCUT2D eigenvalue weighted by molar-refractivity contribution is 0.353. The van der Waals surface area contributed by atoms with Gasteiger partial charge in [-0.3, -0.25) is 4.99 Å². The number of rotatable bonds is 3. The molecule has 0 bridgehead atoms. The Bertz CT molecular complexity index is 681. The van der Waals surface area contributed by atoms with E-state index in [1.165, 1.54) is 11.1 Å². The zero-order valence-electron chi connectivity index (χ0n) is 14.5. The van der Waals surface area contributed by atoms with E-state index in [0.29, 0.717) is 13.1 Å². The van der Waals surface area contributed by atoms with Crippen LogP contribution in [-0.4, -0.2) is 56.5 Å². The maximum atomic E-state index is 12.1. The van der Waals surface area contributed by atoms with Gasteiger partial charge in [0.25, 0.3) is 0 Å². The van der Waals surface area contributed by atoms with Gasteiger partial charge in [0.2, 0.25) is 0 Å². The molecule has 128 valence electrons. The molecule has 0 unspecified atom stereocenters. The summed E-state index contributed by atoms with van der Waals surface area (Å²) < 4.78 is 23.5. The average molecular weight is 337 g/mol. The maximum absolute atomic E-state index is 12.1. The first-order chi connectivity index (χ1) is 10.7. The summed E-state index contributed by atoms with van der Waals surface area (Å²) in [6.07, 6.45) is 0.913. The zero-order valence-corrected chi connectivity index (χ0v) is 15.3. The number of sulfone groups is 1. The summed E-state index contributed by atoms with van der Waals surface area (Å²) >= 11 is 0.